The lowest BCUT2D eigenvalue weighted by molar-refractivity contribution is 0.175. The van der Waals surface area contributed by atoms with Crippen LogP contribution in [0.1, 0.15) is 32.6 Å². The molecule has 2 heterocycles. The number of unbranched alkanes of at least 4 members (excludes halogenated alkanes) is 1. The monoisotopic (exact) mass is 239 g/mol. The van der Waals surface area contributed by atoms with E-state index < -0.39 is 0 Å². The van der Waals surface area contributed by atoms with Crippen LogP contribution in [-0.2, 0) is 0 Å². The van der Waals surface area contributed by atoms with Gasteiger partial charge in [-0.15, -0.1) is 0 Å². The standard InChI is InChI=1S/C14H29N3/c1-14-5-4-10-17(13-14)9-3-2-8-16-11-6-15-7-12-16/h14-15H,2-13H2,1H3. The lowest BCUT2D eigenvalue weighted by Crippen LogP contribution is -2.43. The SMILES string of the molecule is CC1CCCN(CCCCN2CCNCC2)C1. The minimum absolute atomic E-state index is 0.928. The quantitative estimate of drug-likeness (QED) is 0.732. The summed E-state index contributed by atoms with van der Waals surface area (Å²) in [5, 5.41) is 3.41. The van der Waals surface area contributed by atoms with Crippen LogP contribution in [-0.4, -0.2) is 62.2 Å². The molecule has 3 heteroatoms. The zero-order valence-corrected chi connectivity index (χ0v) is 11.5. The van der Waals surface area contributed by atoms with Crippen LogP contribution in [0.4, 0.5) is 0 Å². The molecule has 0 aliphatic carbocycles. The van der Waals surface area contributed by atoms with Crippen molar-refractivity contribution >= 4 is 0 Å². The van der Waals surface area contributed by atoms with Crippen LogP contribution >= 0.6 is 0 Å². The van der Waals surface area contributed by atoms with Crippen molar-refractivity contribution in [2.24, 2.45) is 5.92 Å². The van der Waals surface area contributed by atoms with Crippen LogP contribution < -0.4 is 5.32 Å². The highest BCUT2D eigenvalue weighted by Crippen LogP contribution is 2.15. The molecule has 1 unspecified atom stereocenters. The topological polar surface area (TPSA) is 18.5 Å². The zero-order chi connectivity index (χ0) is 11.9. The highest BCUT2D eigenvalue weighted by molar-refractivity contribution is 4.71. The average Bonchev–Trinajstić information content (AvgIpc) is 2.36. The van der Waals surface area contributed by atoms with Crippen molar-refractivity contribution in [1.82, 2.24) is 15.1 Å². The smallest absolute Gasteiger partial charge is 0.0107 e. The van der Waals surface area contributed by atoms with E-state index in [1.54, 1.807) is 0 Å². The molecule has 1 N–H and O–H groups in total. The Morgan fingerprint density at radius 3 is 2.41 bits per heavy atom. The summed E-state index contributed by atoms with van der Waals surface area (Å²) in [5.74, 6) is 0.928. The van der Waals surface area contributed by atoms with E-state index in [1.807, 2.05) is 0 Å². The fourth-order valence-electron chi connectivity index (χ4n) is 3.10. The molecule has 2 rings (SSSR count). The molecule has 1 atom stereocenters. The largest absolute Gasteiger partial charge is 0.314 e. The molecule has 2 fully saturated rings. The minimum Gasteiger partial charge on any atom is -0.314 e. The van der Waals surface area contributed by atoms with Gasteiger partial charge in [-0.2, -0.15) is 0 Å². The van der Waals surface area contributed by atoms with Crippen LogP contribution in [0.25, 0.3) is 0 Å². The maximum Gasteiger partial charge on any atom is 0.0107 e. The van der Waals surface area contributed by atoms with Gasteiger partial charge in [0.15, 0.2) is 0 Å². The average molecular weight is 239 g/mol. The first kappa shape index (κ1) is 13.3. The highest BCUT2D eigenvalue weighted by atomic mass is 15.2. The number of nitrogens with zero attached hydrogens (tertiary/aromatic N) is 2. The van der Waals surface area contributed by atoms with Crippen LogP contribution in [0.3, 0.4) is 0 Å². The van der Waals surface area contributed by atoms with E-state index in [-0.39, 0.29) is 0 Å². The number of likely N-dealkylation sites (tertiary alicyclic amines) is 1. The Bertz CT molecular complexity index is 202. The Morgan fingerprint density at radius 1 is 1.00 bits per heavy atom. The number of hydrogen-bond acceptors (Lipinski definition) is 3. The van der Waals surface area contributed by atoms with Gasteiger partial charge in [0.2, 0.25) is 0 Å². The maximum atomic E-state index is 3.41. The highest BCUT2D eigenvalue weighted by Gasteiger charge is 2.15. The second-order valence-corrected chi connectivity index (χ2v) is 5.85. The predicted molar refractivity (Wildman–Crippen MR) is 73.4 cm³/mol. The molecule has 0 spiro atoms. The molecule has 0 amide bonds. The maximum absolute atomic E-state index is 3.41. The summed E-state index contributed by atoms with van der Waals surface area (Å²) in [6.07, 6.45) is 5.62. The Morgan fingerprint density at radius 2 is 1.71 bits per heavy atom. The summed E-state index contributed by atoms with van der Waals surface area (Å²) in [7, 11) is 0. The summed E-state index contributed by atoms with van der Waals surface area (Å²) in [4.78, 5) is 5.28. The molecule has 2 aliphatic rings. The molecule has 3 nitrogen and oxygen atoms in total. The number of hydrogen-bond donors (Lipinski definition) is 1. The van der Waals surface area contributed by atoms with Gasteiger partial charge in [0.05, 0.1) is 0 Å². The summed E-state index contributed by atoms with van der Waals surface area (Å²) in [6.45, 7) is 12.6. The molecule has 17 heavy (non-hydrogen) atoms. The summed E-state index contributed by atoms with van der Waals surface area (Å²) < 4.78 is 0. The molecule has 2 aliphatic heterocycles. The molecule has 0 aromatic rings. The number of nitrogens with one attached hydrogen (secondary N) is 1. The van der Waals surface area contributed by atoms with E-state index in [0.717, 1.165) is 5.92 Å². The molecule has 0 bridgehead atoms. The third-order valence-electron chi connectivity index (χ3n) is 4.15. The van der Waals surface area contributed by atoms with Gasteiger partial charge >= 0.3 is 0 Å². The van der Waals surface area contributed by atoms with E-state index in [0.29, 0.717) is 0 Å². The van der Waals surface area contributed by atoms with Crippen molar-refractivity contribution in [3.8, 4) is 0 Å². The first-order valence-corrected chi connectivity index (χ1v) is 7.50. The first-order chi connectivity index (χ1) is 8.34. The normalized spacial score (nSPS) is 28.4. The van der Waals surface area contributed by atoms with Gasteiger partial charge in [-0.25, -0.2) is 0 Å². The Hall–Kier alpha value is -0.120. The molecule has 0 aromatic carbocycles. The van der Waals surface area contributed by atoms with E-state index in [1.165, 1.54) is 78.0 Å². The molecule has 0 radical (unpaired) electrons. The van der Waals surface area contributed by atoms with Gasteiger partial charge in [0.25, 0.3) is 0 Å². The molecular weight excluding hydrogens is 210 g/mol. The van der Waals surface area contributed by atoms with Crippen LogP contribution in [0.15, 0.2) is 0 Å². The number of rotatable bonds is 5. The van der Waals surface area contributed by atoms with Crippen molar-refractivity contribution in [2.45, 2.75) is 32.6 Å². The lowest BCUT2D eigenvalue weighted by atomic mass is 10.0. The van der Waals surface area contributed by atoms with Crippen LogP contribution in [0.5, 0.6) is 0 Å². The lowest BCUT2D eigenvalue weighted by Gasteiger charge is -2.31. The van der Waals surface area contributed by atoms with E-state index in [4.69, 9.17) is 0 Å². The summed E-state index contributed by atoms with van der Waals surface area (Å²) >= 11 is 0. The van der Waals surface area contributed by atoms with Crippen molar-refractivity contribution < 1.29 is 0 Å². The zero-order valence-electron chi connectivity index (χ0n) is 11.5. The van der Waals surface area contributed by atoms with E-state index in [9.17, 15) is 0 Å². The third kappa shape index (κ3) is 4.94. The Balaban J connectivity index is 1.50. The van der Waals surface area contributed by atoms with Gasteiger partial charge in [-0.1, -0.05) is 6.92 Å². The summed E-state index contributed by atoms with van der Waals surface area (Å²) in [6, 6.07) is 0. The molecule has 100 valence electrons. The summed E-state index contributed by atoms with van der Waals surface area (Å²) in [5.41, 5.74) is 0. The molecule has 0 aromatic heterocycles. The number of piperidine rings is 1. The molecule has 2 saturated heterocycles. The van der Waals surface area contributed by atoms with Crippen LogP contribution in [0.2, 0.25) is 0 Å². The fourth-order valence-corrected chi connectivity index (χ4v) is 3.10. The number of piperazine rings is 1. The van der Waals surface area contributed by atoms with Crippen molar-refractivity contribution in [3.05, 3.63) is 0 Å². The van der Waals surface area contributed by atoms with E-state index >= 15 is 0 Å². The minimum atomic E-state index is 0.928. The third-order valence-corrected chi connectivity index (χ3v) is 4.15. The first-order valence-electron chi connectivity index (χ1n) is 7.50. The van der Waals surface area contributed by atoms with Gasteiger partial charge in [0.1, 0.15) is 0 Å². The molecule has 0 saturated carbocycles. The second-order valence-electron chi connectivity index (χ2n) is 5.85. The van der Waals surface area contributed by atoms with Crippen molar-refractivity contribution in [3.63, 3.8) is 0 Å². The fraction of sp³-hybridized carbons (Fsp3) is 1.00. The van der Waals surface area contributed by atoms with Gasteiger partial charge in [-0.05, 0) is 51.2 Å². The van der Waals surface area contributed by atoms with Gasteiger partial charge < -0.3 is 15.1 Å². The van der Waals surface area contributed by atoms with Crippen LogP contribution in [0, 0.1) is 5.92 Å². The Kier molecular flexibility index (Phi) is 5.75. The second kappa shape index (κ2) is 7.34. The van der Waals surface area contributed by atoms with E-state index in [2.05, 4.69) is 22.0 Å². The molecular formula is C14H29N3. The van der Waals surface area contributed by atoms with Gasteiger partial charge in [0, 0.05) is 32.7 Å². The van der Waals surface area contributed by atoms with Gasteiger partial charge in [-0.3, -0.25) is 0 Å². The predicted octanol–water partition coefficient (Wildman–Crippen LogP) is 1.40. The van der Waals surface area contributed by atoms with Crippen molar-refractivity contribution in [2.75, 3.05) is 52.4 Å². The Labute approximate surface area is 107 Å². The van der Waals surface area contributed by atoms with Crippen molar-refractivity contribution in [1.29, 1.82) is 0 Å².